The van der Waals surface area contributed by atoms with Crippen molar-refractivity contribution in [3.05, 3.63) is 82.0 Å². The number of benzene rings is 2. The van der Waals surface area contributed by atoms with Crippen molar-refractivity contribution in [2.45, 2.75) is 6.92 Å². The van der Waals surface area contributed by atoms with E-state index >= 15 is 0 Å². The SMILES string of the molecule is C=C(C)COc1ccc(/C=C2\N=C(c3cccc(Br)c3)OC2=O)cc1. The normalized spacial score (nSPS) is 15.0. The highest BCUT2D eigenvalue weighted by molar-refractivity contribution is 9.10. The molecule has 0 unspecified atom stereocenters. The molecule has 0 atom stereocenters. The molecule has 0 saturated carbocycles. The number of hydrogen-bond acceptors (Lipinski definition) is 4. The summed E-state index contributed by atoms with van der Waals surface area (Å²) in [5, 5.41) is 0. The second-order valence-electron chi connectivity index (χ2n) is 5.66. The highest BCUT2D eigenvalue weighted by Crippen LogP contribution is 2.22. The molecule has 0 N–H and O–H groups in total. The van der Waals surface area contributed by atoms with Gasteiger partial charge in [0.05, 0.1) is 0 Å². The van der Waals surface area contributed by atoms with Crippen LogP contribution in [0, 0.1) is 0 Å². The molecule has 5 heteroatoms. The molecule has 3 rings (SSSR count). The summed E-state index contributed by atoms with van der Waals surface area (Å²) in [6.45, 7) is 6.19. The number of nitrogens with zero attached hydrogens (tertiary/aromatic N) is 1. The van der Waals surface area contributed by atoms with Gasteiger partial charge in [0.2, 0.25) is 5.90 Å². The van der Waals surface area contributed by atoms with Crippen LogP contribution in [-0.2, 0) is 9.53 Å². The zero-order valence-electron chi connectivity index (χ0n) is 13.7. The predicted molar refractivity (Wildman–Crippen MR) is 101 cm³/mol. The van der Waals surface area contributed by atoms with E-state index in [1.807, 2.05) is 55.5 Å². The fourth-order valence-corrected chi connectivity index (χ4v) is 2.58. The van der Waals surface area contributed by atoms with E-state index in [1.54, 1.807) is 6.08 Å². The van der Waals surface area contributed by atoms with Crippen LogP contribution in [-0.4, -0.2) is 18.5 Å². The zero-order valence-corrected chi connectivity index (χ0v) is 15.2. The Morgan fingerprint density at radius 1 is 1.28 bits per heavy atom. The summed E-state index contributed by atoms with van der Waals surface area (Å²) in [5.41, 5.74) is 2.81. The van der Waals surface area contributed by atoms with Gasteiger partial charge in [0.25, 0.3) is 0 Å². The molecular weight excluding hydrogens is 382 g/mol. The van der Waals surface area contributed by atoms with Crippen LogP contribution in [0.2, 0.25) is 0 Å². The molecule has 0 bridgehead atoms. The molecule has 1 aliphatic rings. The molecule has 126 valence electrons. The first-order valence-electron chi connectivity index (χ1n) is 7.67. The Morgan fingerprint density at radius 2 is 2.04 bits per heavy atom. The second-order valence-corrected chi connectivity index (χ2v) is 6.58. The van der Waals surface area contributed by atoms with Crippen molar-refractivity contribution in [2.24, 2.45) is 4.99 Å². The van der Waals surface area contributed by atoms with Crippen LogP contribution in [0.3, 0.4) is 0 Å². The average molecular weight is 398 g/mol. The first-order valence-corrected chi connectivity index (χ1v) is 8.46. The largest absolute Gasteiger partial charge is 0.489 e. The fourth-order valence-electron chi connectivity index (χ4n) is 2.18. The maximum absolute atomic E-state index is 12.0. The third-order valence-electron chi connectivity index (χ3n) is 3.36. The Morgan fingerprint density at radius 3 is 2.72 bits per heavy atom. The van der Waals surface area contributed by atoms with Crippen LogP contribution in [0.5, 0.6) is 5.75 Å². The number of hydrogen-bond donors (Lipinski definition) is 0. The summed E-state index contributed by atoms with van der Waals surface area (Å²) >= 11 is 3.39. The van der Waals surface area contributed by atoms with Gasteiger partial charge in [-0.25, -0.2) is 9.79 Å². The molecule has 1 heterocycles. The number of halogens is 1. The van der Waals surface area contributed by atoms with Crippen LogP contribution in [0.15, 0.2) is 75.8 Å². The molecular formula is C20H16BrNO3. The molecule has 0 saturated heterocycles. The van der Waals surface area contributed by atoms with Gasteiger partial charge in [-0.3, -0.25) is 0 Å². The van der Waals surface area contributed by atoms with Crippen LogP contribution in [0.4, 0.5) is 0 Å². The number of rotatable bonds is 5. The molecule has 0 radical (unpaired) electrons. The van der Waals surface area contributed by atoms with Gasteiger partial charge in [-0.15, -0.1) is 0 Å². The Kier molecular flexibility index (Phi) is 5.14. The number of aliphatic imine (C=N–C) groups is 1. The highest BCUT2D eigenvalue weighted by atomic mass is 79.9. The Bertz CT molecular complexity index is 882. The first kappa shape index (κ1) is 17.2. The quantitative estimate of drug-likeness (QED) is 0.415. The Labute approximate surface area is 154 Å². The summed E-state index contributed by atoms with van der Waals surface area (Å²) in [4.78, 5) is 16.3. The highest BCUT2D eigenvalue weighted by Gasteiger charge is 2.24. The van der Waals surface area contributed by atoms with Gasteiger partial charge in [-0.1, -0.05) is 40.7 Å². The lowest BCUT2D eigenvalue weighted by Gasteiger charge is -2.05. The smallest absolute Gasteiger partial charge is 0.363 e. The van der Waals surface area contributed by atoms with E-state index in [2.05, 4.69) is 27.5 Å². The molecule has 2 aromatic carbocycles. The molecule has 4 nitrogen and oxygen atoms in total. The predicted octanol–water partition coefficient (Wildman–Crippen LogP) is 4.75. The van der Waals surface area contributed by atoms with Crippen molar-refractivity contribution in [3.63, 3.8) is 0 Å². The van der Waals surface area contributed by atoms with Gasteiger partial charge < -0.3 is 9.47 Å². The van der Waals surface area contributed by atoms with Crippen LogP contribution in [0.25, 0.3) is 6.08 Å². The van der Waals surface area contributed by atoms with E-state index in [0.29, 0.717) is 12.5 Å². The Balaban J connectivity index is 1.78. The third-order valence-corrected chi connectivity index (χ3v) is 3.85. The van der Waals surface area contributed by atoms with Crippen LogP contribution in [0.1, 0.15) is 18.1 Å². The number of ether oxygens (including phenoxy) is 2. The molecule has 1 aliphatic heterocycles. The van der Waals surface area contributed by atoms with E-state index in [9.17, 15) is 4.79 Å². The lowest BCUT2D eigenvalue weighted by Crippen LogP contribution is -2.05. The fraction of sp³-hybridized carbons (Fsp3) is 0.100. The molecule has 25 heavy (non-hydrogen) atoms. The van der Waals surface area contributed by atoms with E-state index in [0.717, 1.165) is 26.9 Å². The number of esters is 1. The van der Waals surface area contributed by atoms with Crippen molar-refractivity contribution >= 4 is 33.9 Å². The monoisotopic (exact) mass is 397 g/mol. The first-order chi connectivity index (χ1) is 12.0. The van der Waals surface area contributed by atoms with Gasteiger partial charge in [-0.05, 0) is 54.5 Å². The zero-order chi connectivity index (χ0) is 17.8. The van der Waals surface area contributed by atoms with Gasteiger partial charge in [0, 0.05) is 10.0 Å². The van der Waals surface area contributed by atoms with E-state index in [4.69, 9.17) is 9.47 Å². The third kappa shape index (κ3) is 4.45. The van der Waals surface area contributed by atoms with Crippen molar-refractivity contribution in [1.29, 1.82) is 0 Å². The van der Waals surface area contributed by atoms with E-state index < -0.39 is 5.97 Å². The van der Waals surface area contributed by atoms with Gasteiger partial charge in [-0.2, -0.15) is 0 Å². The molecule has 2 aromatic rings. The standard InChI is InChI=1S/C20H16BrNO3/c1-13(2)12-24-17-8-6-14(7-9-17)10-18-20(23)25-19(22-18)15-4-3-5-16(21)11-15/h3-11H,1,12H2,2H3/b18-10-. The summed E-state index contributed by atoms with van der Waals surface area (Å²) in [6, 6.07) is 14.9. The number of carbonyl (C=O) groups is 1. The summed E-state index contributed by atoms with van der Waals surface area (Å²) in [5.74, 6) is 0.592. The van der Waals surface area contributed by atoms with Crippen LogP contribution >= 0.6 is 15.9 Å². The maximum Gasteiger partial charge on any atom is 0.363 e. The van der Waals surface area contributed by atoms with Crippen molar-refractivity contribution < 1.29 is 14.3 Å². The number of cyclic esters (lactones) is 1. The van der Waals surface area contributed by atoms with E-state index in [-0.39, 0.29) is 5.70 Å². The topological polar surface area (TPSA) is 47.9 Å². The lowest BCUT2D eigenvalue weighted by atomic mass is 10.2. The minimum absolute atomic E-state index is 0.269. The van der Waals surface area contributed by atoms with Crippen LogP contribution < -0.4 is 4.74 Å². The molecule has 0 fully saturated rings. The van der Waals surface area contributed by atoms with Gasteiger partial charge in [0.15, 0.2) is 5.70 Å². The van der Waals surface area contributed by atoms with Gasteiger partial charge >= 0.3 is 5.97 Å². The minimum Gasteiger partial charge on any atom is -0.489 e. The molecule has 0 spiro atoms. The average Bonchev–Trinajstić information content (AvgIpc) is 2.95. The molecule has 0 amide bonds. The maximum atomic E-state index is 12.0. The summed E-state index contributed by atoms with van der Waals surface area (Å²) in [7, 11) is 0. The molecule has 0 aromatic heterocycles. The van der Waals surface area contributed by atoms with E-state index in [1.165, 1.54) is 0 Å². The second kappa shape index (κ2) is 7.49. The van der Waals surface area contributed by atoms with Crippen molar-refractivity contribution in [3.8, 4) is 5.75 Å². The summed E-state index contributed by atoms with van der Waals surface area (Å²) < 4.78 is 11.7. The van der Waals surface area contributed by atoms with Crippen molar-refractivity contribution in [1.82, 2.24) is 0 Å². The molecule has 0 aliphatic carbocycles. The minimum atomic E-state index is -0.461. The number of carbonyl (C=O) groups excluding carboxylic acids is 1. The van der Waals surface area contributed by atoms with Gasteiger partial charge in [0.1, 0.15) is 12.4 Å². The lowest BCUT2D eigenvalue weighted by molar-refractivity contribution is -0.129. The summed E-state index contributed by atoms with van der Waals surface area (Å²) in [6.07, 6.45) is 1.69. The Hall–Kier alpha value is -2.66. The van der Waals surface area contributed by atoms with Crippen molar-refractivity contribution in [2.75, 3.05) is 6.61 Å².